The van der Waals surface area contributed by atoms with E-state index in [0.717, 1.165) is 59.4 Å². The number of benzene rings is 2. The Hall–Kier alpha value is -3.32. The topological polar surface area (TPSA) is 58.1 Å². The standard InChI is InChI=1S/C27H25FN4OS/c1-16-29-24-11-5-18(14-22(24)26(30-16)31-20-6-7-20)17-4-10-23(28)19(13-17)15-32(21-8-9-21)27(33)25-3-2-12-34-25/h2-5,10-14,20-21H,6-9,15H2,1H3,(H,29,30,31). The van der Waals surface area contributed by atoms with Crippen molar-refractivity contribution in [2.24, 2.45) is 0 Å². The van der Waals surface area contributed by atoms with Gasteiger partial charge >= 0.3 is 0 Å². The second-order valence-electron chi connectivity index (χ2n) is 9.22. The quantitative estimate of drug-likeness (QED) is 0.349. The summed E-state index contributed by atoms with van der Waals surface area (Å²) in [4.78, 5) is 24.8. The summed E-state index contributed by atoms with van der Waals surface area (Å²) in [5, 5.41) is 6.38. The maximum atomic E-state index is 14.9. The lowest BCUT2D eigenvalue weighted by atomic mass is 10.0. The lowest BCUT2D eigenvalue weighted by Gasteiger charge is -2.22. The first-order valence-corrected chi connectivity index (χ1v) is 12.6. The average molecular weight is 473 g/mol. The smallest absolute Gasteiger partial charge is 0.264 e. The van der Waals surface area contributed by atoms with Gasteiger partial charge in [0.25, 0.3) is 5.91 Å². The Labute approximate surface area is 201 Å². The first-order chi connectivity index (χ1) is 16.5. The minimum absolute atomic E-state index is 0.0173. The second-order valence-corrected chi connectivity index (χ2v) is 10.2. The van der Waals surface area contributed by atoms with Crippen LogP contribution in [0.5, 0.6) is 0 Å². The van der Waals surface area contributed by atoms with E-state index in [0.29, 0.717) is 16.5 Å². The van der Waals surface area contributed by atoms with E-state index >= 15 is 0 Å². The van der Waals surface area contributed by atoms with E-state index in [1.165, 1.54) is 17.4 Å². The number of aryl methyl sites for hydroxylation is 1. The van der Waals surface area contributed by atoms with E-state index < -0.39 is 0 Å². The molecule has 1 amide bonds. The number of halogens is 1. The molecule has 1 N–H and O–H groups in total. The summed E-state index contributed by atoms with van der Waals surface area (Å²) < 4.78 is 14.9. The van der Waals surface area contributed by atoms with Crippen LogP contribution < -0.4 is 5.32 Å². The molecule has 6 rings (SSSR count). The van der Waals surface area contributed by atoms with Gasteiger partial charge in [-0.25, -0.2) is 14.4 Å². The molecule has 5 nitrogen and oxygen atoms in total. The van der Waals surface area contributed by atoms with Gasteiger partial charge in [-0.3, -0.25) is 4.79 Å². The monoisotopic (exact) mass is 472 g/mol. The van der Waals surface area contributed by atoms with E-state index in [-0.39, 0.29) is 24.3 Å². The van der Waals surface area contributed by atoms with Crippen molar-refractivity contribution in [1.82, 2.24) is 14.9 Å². The first kappa shape index (κ1) is 21.2. The van der Waals surface area contributed by atoms with Crippen molar-refractivity contribution in [1.29, 1.82) is 0 Å². The molecule has 2 heterocycles. The Balaban J connectivity index is 1.34. The van der Waals surface area contributed by atoms with Crippen LogP contribution in [0.15, 0.2) is 53.9 Å². The number of nitrogens with zero attached hydrogens (tertiary/aromatic N) is 3. The van der Waals surface area contributed by atoms with E-state index in [9.17, 15) is 9.18 Å². The first-order valence-electron chi connectivity index (χ1n) is 11.7. The number of aromatic nitrogens is 2. The number of carbonyl (C=O) groups is 1. The molecule has 0 spiro atoms. The van der Waals surface area contributed by atoms with Crippen LogP contribution in [-0.4, -0.2) is 32.9 Å². The van der Waals surface area contributed by atoms with Gasteiger partial charge in [0.15, 0.2) is 0 Å². The molecular weight excluding hydrogens is 447 g/mol. The lowest BCUT2D eigenvalue weighted by Crippen LogP contribution is -2.32. The summed E-state index contributed by atoms with van der Waals surface area (Å²) in [5.74, 6) is 1.29. The van der Waals surface area contributed by atoms with E-state index in [2.05, 4.69) is 21.4 Å². The van der Waals surface area contributed by atoms with Gasteiger partial charge < -0.3 is 10.2 Å². The predicted octanol–water partition coefficient (Wildman–Crippen LogP) is 6.18. The molecule has 4 aromatic rings. The molecule has 172 valence electrons. The van der Waals surface area contributed by atoms with Crippen LogP contribution in [0.3, 0.4) is 0 Å². The van der Waals surface area contributed by atoms with E-state index in [4.69, 9.17) is 0 Å². The Bertz CT molecular complexity index is 1380. The summed E-state index contributed by atoms with van der Waals surface area (Å²) in [5.41, 5.74) is 3.31. The third-order valence-electron chi connectivity index (χ3n) is 6.43. The number of hydrogen-bond acceptors (Lipinski definition) is 5. The van der Waals surface area contributed by atoms with Gasteiger partial charge in [-0.15, -0.1) is 11.3 Å². The second kappa shape index (κ2) is 8.47. The van der Waals surface area contributed by atoms with Crippen molar-refractivity contribution >= 4 is 34.0 Å². The minimum atomic E-state index is -0.288. The third-order valence-corrected chi connectivity index (χ3v) is 7.28. The van der Waals surface area contributed by atoms with Crippen LogP contribution in [0.4, 0.5) is 10.2 Å². The number of fused-ring (bicyclic) bond motifs is 1. The van der Waals surface area contributed by atoms with E-state index in [1.54, 1.807) is 6.07 Å². The van der Waals surface area contributed by atoms with Gasteiger partial charge in [0, 0.05) is 29.6 Å². The number of nitrogens with one attached hydrogen (secondary N) is 1. The fourth-order valence-electron chi connectivity index (χ4n) is 4.31. The summed E-state index contributed by atoms with van der Waals surface area (Å²) in [6.45, 7) is 2.17. The van der Waals surface area contributed by atoms with Crippen LogP contribution in [0.2, 0.25) is 0 Å². The highest BCUT2D eigenvalue weighted by Crippen LogP contribution is 2.34. The largest absolute Gasteiger partial charge is 0.367 e. The van der Waals surface area contributed by atoms with Gasteiger partial charge in [-0.1, -0.05) is 18.2 Å². The maximum Gasteiger partial charge on any atom is 0.264 e. The Morgan fingerprint density at radius 2 is 1.88 bits per heavy atom. The molecule has 0 atom stereocenters. The molecule has 2 fully saturated rings. The van der Waals surface area contributed by atoms with Crippen LogP contribution in [0, 0.1) is 12.7 Å². The highest BCUT2D eigenvalue weighted by atomic mass is 32.1. The maximum absolute atomic E-state index is 14.9. The Morgan fingerprint density at radius 1 is 1.09 bits per heavy atom. The van der Waals surface area contributed by atoms with Crippen LogP contribution in [-0.2, 0) is 6.54 Å². The van der Waals surface area contributed by atoms with Gasteiger partial charge in [-0.2, -0.15) is 0 Å². The molecule has 0 aliphatic heterocycles. The molecule has 0 bridgehead atoms. The van der Waals surface area contributed by atoms with Crippen LogP contribution in [0.1, 0.15) is 46.7 Å². The molecular formula is C27H25FN4OS. The third kappa shape index (κ3) is 4.28. The molecule has 2 aromatic heterocycles. The van der Waals surface area contributed by atoms with Gasteiger partial charge in [0.2, 0.25) is 0 Å². The van der Waals surface area contributed by atoms with E-state index in [1.807, 2.05) is 47.5 Å². The molecule has 2 aliphatic rings. The average Bonchev–Trinajstić information content (AvgIpc) is 3.77. The predicted molar refractivity (Wildman–Crippen MR) is 134 cm³/mol. The highest BCUT2D eigenvalue weighted by Gasteiger charge is 2.34. The number of carbonyl (C=O) groups excluding carboxylic acids is 1. The van der Waals surface area contributed by atoms with Gasteiger partial charge in [-0.05, 0) is 79.4 Å². The molecule has 34 heavy (non-hydrogen) atoms. The molecule has 2 saturated carbocycles. The molecule has 0 radical (unpaired) electrons. The molecule has 7 heteroatoms. The zero-order valence-electron chi connectivity index (χ0n) is 18.9. The number of hydrogen-bond donors (Lipinski definition) is 1. The van der Waals surface area contributed by atoms with Crippen molar-refractivity contribution in [3.63, 3.8) is 0 Å². The highest BCUT2D eigenvalue weighted by molar-refractivity contribution is 7.12. The Morgan fingerprint density at radius 3 is 2.62 bits per heavy atom. The number of thiophene rings is 1. The number of rotatable bonds is 7. The minimum Gasteiger partial charge on any atom is -0.367 e. The number of amides is 1. The summed E-state index contributed by atoms with van der Waals surface area (Å²) >= 11 is 1.43. The summed E-state index contributed by atoms with van der Waals surface area (Å²) in [6, 6.07) is 15.6. The fourth-order valence-corrected chi connectivity index (χ4v) is 4.99. The summed E-state index contributed by atoms with van der Waals surface area (Å²) in [6.07, 6.45) is 4.26. The van der Waals surface area contributed by atoms with Crippen molar-refractivity contribution in [2.45, 2.75) is 51.2 Å². The van der Waals surface area contributed by atoms with Crippen LogP contribution in [0.25, 0.3) is 22.0 Å². The molecule has 2 aliphatic carbocycles. The number of anilines is 1. The van der Waals surface area contributed by atoms with Crippen LogP contribution >= 0.6 is 11.3 Å². The van der Waals surface area contributed by atoms with Crippen molar-refractivity contribution in [2.75, 3.05) is 5.32 Å². The fraction of sp³-hybridized carbons (Fsp3) is 0.296. The molecule has 0 saturated heterocycles. The lowest BCUT2D eigenvalue weighted by molar-refractivity contribution is 0.0733. The van der Waals surface area contributed by atoms with Crippen molar-refractivity contribution in [3.8, 4) is 11.1 Å². The normalized spacial score (nSPS) is 15.5. The Kier molecular flexibility index (Phi) is 5.29. The molecule has 0 unspecified atom stereocenters. The van der Waals surface area contributed by atoms with Crippen molar-refractivity contribution in [3.05, 3.63) is 76.0 Å². The SMILES string of the molecule is Cc1nc(NC2CC2)c2cc(-c3ccc(F)c(CN(C(=O)c4cccs4)C4CC4)c3)ccc2n1. The zero-order chi connectivity index (χ0) is 23.2. The van der Waals surface area contributed by atoms with Gasteiger partial charge in [0.05, 0.1) is 10.4 Å². The van der Waals surface area contributed by atoms with Gasteiger partial charge in [0.1, 0.15) is 17.5 Å². The molecule has 2 aromatic carbocycles. The zero-order valence-corrected chi connectivity index (χ0v) is 19.7. The van der Waals surface area contributed by atoms with Crippen molar-refractivity contribution < 1.29 is 9.18 Å². The summed E-state index contributed by atoms with van der Waals surface area (Å²) in [7, 11) is 0.